The zero-order valence-corrected chi connectivity index (χ0v) is 43.4. The van der Waals surface area contributed by atoms with Gasteiger partial charge in [-0.25, -0.2) is 4.79 Å². The second-order valence-corrected chi connectivity index (χ2v) is 20.5. The molecule has 4 rings (SSSR count). The van der Waals surface area contributed by atoms with Crippen LogP contribution in [-0.2, 0) is 59.1 Å². The van der Waals surface area contributed by atoms with E-state index >= 15 is 0 Å². The van der Waals surface area contributed by atoms with Gasteiger partial charge in [-0.15, -0.1) is 0 Å². The van der Waals surface area contributed by atoms with Gasteiger partial charge < -0.3 is 61.6 Å². The molecule has 400 valence electrons. The number of likely N-dealkylation sites (tertiary alicyclic amines) is 1. The summed E-state index contributed by atoms with van der Waals surface area (Å²) in [7, 11) is 2.90. The number of aliphatic hydroxyl groups is 1. The average Bonchev–Trinajstić information content (AvgIpc) is 3.81. The maximum atomic E-state index is 14.9. The van der Waals surface area contributed by atoms with Gasteiger partial charge in [-0.3, -0.25) is 43.2 Å². The molecule has 0 unspecified atom stereocenters. The molecule has 0 radical (unpaired) electrons. The molecule has 0 aromatic heterocycles. The molecule has 0 spiro atoms. The van der Waals surface area contributed by atoms with E-state index < -0.39 is 114 Å². The molecule has 3 aliphatic rings. The molecule has 1 aromatic rings. The first-order valence-electron chi connectivity index (χ1n) is 25.0. The first kappa shape index (κ1) is 58.3. The summed E-state index contributed by atoms with van der Waals surface area (Å²) >= 11 is 0. The van der Waals surface area contributed by atoms with Crippen LogP contribution in [0, 0.1) is 17.8 Å². The minimum absolute atomic E-state index is 0.00950. The number of likely N-dealkylation sites (N-methyl/N-ethyl adjacent to an activating group) is 1. The van der Waals surface area contributed by atoms with Gasteiger partial charge in [0.15, 0.2) is 0 Å². The van der Waals surface area contributed by atoms with Crippen molar-refractivity contribution in [3.8, 4) is 5.75 Å². The molecule has 3 heterocycles. The number of benzene rings is 1. The summed E-state index contributed by atoms with van der Waals surface area (Å²) in [5, 5.41) is 24.8. The smallest absolute Gasteiger partial charge is 0.328 e. The molecule has 3 fully saturated rings. The number of nitrogens with two attached hydrogens (primary N) is 1. The predicted molar refractivity (Wildman–Crippen MR) is 262 cm³/mol. The number of hydrogen-bond donors (Lipinski definition) is 7. The number of methoxy groups -OCH3 is 1. The lowest BCUT2D eigenvalue weighted by molar-refractivity contribution is -0.166. The van der Waals surface area contributed by atoms with E-state index in [-0.39, 0.29) is 75.0 Å². The first-order chi connectivity index (χ1) is 33.8. The Kier molecular flexibility index (Phi) is 21.4. The number of aliphatic hydroxyl groups excluding tert-OH is 1. The fraction of sp³-hybridized carbons (Fsp3) is 0.680. The van der Waals surface area contributed by atoms with Crippen molar-refractivity contribution in [1.29, 1.82) is 0 Å². The Hall–Kier alpha value is -6.32. The van der Waals surface area contributed by atoms with Gasteiger partial charge in [0.05, 0.1) is 7.11 Å². The zero-order valence-electron chi connectivity index (χ0n) is 43.4. The molecule has 3 saturated heterocycles. The van der Waals surface area contributed by atoms with Gasteiger partial charge in [-0.05, 0) is 93.7 Å². The van der Waals surface area contributed by atoms with Gasteiger partial charge in [0.25, 0.3) is 0 Å². The maximum absolute atomic E-state index is 14.9. The standard InChI is InChI=1S/C50H77N9O13/c1-26(2)22-35-44(64)53-34-18-20-41(62)59(48(34)68)39(24-28(5)6)49(69)57(9)38(25-31-13-15-32(71-10)16-14-31)46(66)55-36(23-27(3)4)50(70)72-29(7)42(47(67)54-35)56-43(63)33(17-19-40(51)61)52-45(65)37-12-11-21-58(37)30(8)60/h13-16,26-29,33-39,41-42,62H,11-12,17-25H2,1-10H3,(H2,51,61)(H,52,65)(H,53,64)(H,54,67)(H,55,66)(H,56,63)/t29-,33+,34+,35-,36+,37+,38+,39+,41-,42+/m1/s1. The number of carbonyl (C=O) groups is 10. The van der Waals surface area contributed by atoms with Crippen LogP contribution in [0.2, 0.25) is 0 Å². The van der Waals surface area contributed by atoms with Crippen molar-refractivity contribution in [1.82, 2.24) is 41.3 Å². The molecule has 3 aliphatic heterocycles. The third-order valence-electron chi connectivity index (χ3n) is 13.2. The van der Waals surface area contributed by atoms with E-state index in [0.717, 1.165) is 4.90 Å². The molecular weight excluding hydrogens is 935 g/mol. The first-order valence-corrected chi connectivity index (χ1v) is 25.0. The van der Waals surface area contributed by atoms with E-state index in [1.165, 1.54) is 37.8 Å². The van der Waals surface area contributed by atoms with Crippen LogP contribution in [0.3, 0.4) is 0 Å². The van der Waals surface area contributed by atoms with Gasteiger partial charge >= 0.3 is 5.97 Å². The van der Waals surface area contributed by atoms with Crippen molar-refractivity contribution in [2.24, 2.45) is 23.5 Å². The van der Waals surface area contributed by atoms with Crippen LogP contribution in [-0.4, -0.2) is 160 Å². The van der Waals surface area contributed by atoms with Gasteiger partial charge in [0.2, 0.25) is 53.2 Å². The van der Waals surface area contributed by atoms with Gasteiger partial charge in [-0.2, -0.15) is 0 Å². The fourth-order valence-electron chi connectivity index (χ4n) is 9.37. The number of fused-ring (bicyclic) bond motifs is 2. The lowest BCUT2D eigenvalue weighted by atomic mass is 9.94. The van der Waals surface area contributed by atoms with Crippen molar-refractivity contribution >= 4 is 59.1 Å². The predicted octanol–water partition coefficient (Wildman–Crippen LogP) is 0.158. The summed E-state index contributed by atoms with van der Waals surface area (Å²) in [6, 6.07) is -4.05. The molecule has 22 heteroatoms. The van der Waals surface area contributed by atoms with Crippen LogP contribution in [0.5, 0.6) is 5.75 Å². The molecule has 1 aromatic carbocycles. The summed E-state index contributed by atoms with van der Waals surface area (Å²) in [4.78, 5) is 144. The molecular formula is C50H77N9O13. The average molecular weight is 1010 g/mol. The van der Waals surface area contributed by atoms with E-state index in [0.29, 0.717) is 30.7 Å². The van der Waals surface area contributed by atoms with Crippen molar-refractivity contribution in [3.05, 3.63) is 29.8 Å². The Labute approximate surface area is 421 Å². The minimum Gasteiger partial charge on any atom is -0.497 e. The Morgan fingerprint density at radius 1 is 0.819 bits per heavy atom. The van der Waals surface area contributed by atoms with Crippen LogP contribution in [0.15, 0.2) is 24.3 Å². The molecule has 72 heavy (non-hydrogen) atoms. The maximum Gasteiger partial charge on any atom is 0.328 e. The monoisotopic (exact) mass is 1010 g/mol. The molecule has 0 aliphatic carbocycles. The lowest BCUT2D eigenvalue weighted by Crippen LogP contribution is -2.65. The van der Waals surface area contributed by atoms with Gasteiger partial charge in [0, 0.05) is 33.4 Å². The van der Waals surface area contributed by atoms with Gasteiger partial charge in [0.1, 0.15) is 66.4 Å². The quantitative estimate of drug-likeness (QED) is 0.109. The highest BCUT2D eigenvalue weighted by Crippen LogP contribution is 2.27. The Morgan fingerprint density at radius 3 is 2.01 bits per heavy atom. The molecule has 9 amide bonds. The van der Waals surface area contributed by atoms with Crippen LogP contribution < -0.4 is 37.1 Å². The number of rotatable bonds is 16. The van der Waals surface area contributed by atoms with Crippen LogP contribution in [0.4, 0.5) is 0 Å². The molecule has 22 nitrogen and oxygen atoms in total. The van der Waals surface area contributed by atoms with Crippen molar-refractivity contribution in [2.75, 3.05) is 20.7 Å². The molecule has 2 bridgehead atoms. The van der Waals surface area contributed by atoms with Crippen LogP contribution in [0.1, 0.15) is 119 Å². The van der Waals surface area contributed by atoms with E-state index in [2.05, 4.69) is 26.6 Å². The van der Waals surface area contributed by atoms with E-state index in [1.807, 2.05) is 13.8 Å². The minimum atomic E-state index is -1.79. The van der Waals surface area contributed by atoms with Gasteiger partial charge in [-0.1, -0.05) is 53.7 Å². The number of amides is 9. The number of cyclic esters (lactones) is 1. The third-order valence-corrected chi connectivity index (χ3v) is 13.2. The third kappa shape index (κ3) is 15.8. The van der Waals surface area contributed by atoms with E-state index in [4.69, 9.17) is 15.2 Å². The number of nitrogens with zero attached hydrogens (tertiary/aromatic N) is 3. The summed E-state index contributed by atoms with van der Waals surface area (Å²) in [6.07, 6.45) is -2.91. The second kappa shape index (κ2) is 26.4. The topological polar surface area (TPSA) is 305 Å². The largest absolute Gasteiger partial charge is 0.497 e. The normalized spacial score (nSPS) is 26.5. The number of hydrogen-bond acceptors (Lipinski definition) is 13. The highest BCUT2D eigenvalue weighted by Gasteiger charge is 2.46. The second-order valence-electron chi connectivity index (χ2n) is 20.5. The van der Waals surface area contributed by atoms with E-state index in [1.54, 1.807) is 52.0 Å². The van der Waals surface area contributed by atoms with E-state index in [9.17, 15) is 53.1 Å². The van der Waals surface area contributed by atoms with Crippen molar-refractivity contribution < 1.29 is 62.5 Å². The number of nitrogens with one attached hydrogen (secondary N) is 5. The summed E-state index contributed by atoms with van der Waals surface area (Å²) in [5.74, 6) is -8.02. The number of ether oxygens (including phenoxy) is 2. The molecule has 8 N–H and O–H groups in total. The summed E-state index contributed by atoms with van der Waals surface area (Å²) < 4.78 is 11.3. The summed E-state index contributed by atoms with van der Waals surface area (Å²) in [6.45, 7) is 13.8. The Morgan fingerprint density at radius 2 is 1.43 bits per heavy atom. The van der Waals surface area contributed by atoms with Crippen molar-refractivity contribution in [3.63, 3.8) is 0 Å². The zero-order chi connectivity index (χ0) is 53.7. The highest BCUT2D eigenvalue weighted by molar-refractivity contribution is 5.99. The molecule has 0 saturated carbocycles. The summed E-state index contributed by atoms with van der Waals surface area (Å²) in [5.41, 5.74) is 6.06. The lowest BCUT2D eigenvalue weighted by Gasteiger charge is -2.43. The fourth-order valence-corrected chi connectivity index (χ4v) is 9.37. The van der Waals surface area contributed by atoms with Crippen LogP contribution in [0.25, 0.3) is 0 Å². The Bertz CT molecular complexity index is 2140. The number of esters is 1. The SMILES string of the molecule is COc1ccc(C[C@H]2C(=O)N[C@@H](CC(C)C)C(=O)O[C@H](C)[C@H](NC(=O)[C@H](CCC(N)=O)NC(=O)[C@@H]3CCCN3C(C)=O)C(=O)N[C@H](CC(C)C)C(=O)N[C@H]3CC[C@@H](O)N(C3=O)[C@@H](CC(C)C)C(=O)N2C)cc1. The number of carbonyl (C=O) groups excluding carboxylic acids is 10. The number of primary amides is 1. The highest BCUT2D eigenvalue weighted by atomic mass is 16.5. The Balaban J connectivity index is 1.85. The number of piperidine rings is 1. The van der Waals surface area contributed by atoms with Crippen LogP contribution >= 0.6 is 0 Å². The van der Waals surface area contributed by atoms with Crippen molar-refractivity contribution in [2.45, 2.75) is 180 Å². The molecule has 10 atom stereocenters.